The van der Waals surface area contributed by atoms with Crippen LogP contribution in [0.3, 0.4) is 0 Å². The molecule has 5 aromatic rings. The van der Waals surface area contributed by atoms with Crippen molar-refractivity contribution < 1.29 is 23.8 Å². The molecule has 1 heterocycles. The second-order valence-electron chi connectivity index (χ2n) is 9.68. The van der Waals surface area contributed by atoms with E-state index < -0.39 is 11.9 Å². The molecule has 0 aliphatic carbocycles. The standard InChI is InChI=1S/C32H28BrNO5/c1-20-25-10-6-7-11-27(25)39-30(20)31(35)34(2)18-22-12-14-26-23(17-22)13-15-28(29(26)33)38-19-24(32(36)37)16-21-8-4-3-5-9-21/h3-15,17,24H,16,18-19H2,1-2H3,(H,36,37). The number of hydrogen-bond donors (Lipinski definition) is 1. The number of aryl methyl sites for hydroxylation is 1. The first kappa shape index (κ1) is 26.5. The van der Waals surface area contributed by atoms with E-state index in [9.17, 15) is 14.7 Å². The van der Waals surface area contributed by atoms with E-state index in [1.165, 1.54) is 0 Å². The molecule has 1 N–H and O–H groups in total. The molecule has 5 rings (SSSR count). The molecule has 0 aliphatic heterocycles. The second-order valence-corrected chi connectivity index (χ2v) is 10.5. The number of aliphatic carboxylic acids is 1. The van der Waals surface area contributed by atoms with Crippen molar-refractivity contribution in [2.75, 3.05) is 13.7 Å². The van der Waals surface area contributed by atoms with Gasteiger partial charge in [0.2, 0.25) is 0 Å². The molecular weight excluding hydrogens is 558 g/mol. The van der Waals surface area contributed by atoms with E-state index >= 15 is 0 Å². The van der Waals surface area contributed by atoms with Crippen molar-refractivity contribution in [3.8, 4) is 5.75 Å². The fourth-order valence-electron chi connectivity index (χ4n) is 4.73. The quantitative estimate of drug-likeness (QED) is 0.197. The summed E-state index contributed by atoms with van der Waals surface area (Å²) in [6.07, 6.45) is 0.393. The highest BCUT2D eigenvalue weighted by atomic mass is 79.9. The van der Waals surface area contributed by atoms with Crippen LogP contribution in [0.15, 0.2) is 93.8 Å². The van der Waals surface area contributed by atoms with E-state index in [1.807, 2.05) is 91.9 Å². The van der Waals surface area contributed by atoms with Crippen molar-refractivity contribution >= 4 is 49.5 Å². The number of carboxylic acid groups (broad SMARTS) is 1. The van der Waals surface area contributed by atoms with Crippen molar-refractivity contribution in [3.63, 3.8) is 0 Å². The molecule has 0 spiro atoms. The van der Waals surface area contributed by atoms with Crippen LogP contribution in [0.5, 0.6) is 5.75 Å². The number of benzene rings is 4. The highest BCUT2D eigenvalue weighted by Crippen LogP contribution is 2.34. The zero-order valence-corrected chi connectivity index (χ0v) is 23.3. The lowest BCUT2D eigenvalue weighted by Crippen LogP contribution is -2.26. The van der Waals surface area contributed by atoms with Gasteiger partial charge in [-0.2, -0.15) is 0 Å². The minimum atomic E-state index is -0.892. The van der Waals surface area contributed by atoms with Gasteiger partial charge >= 0.3 is 5.97 Å². The molecule has 0 aliphatic rings. The number of hydrogen-bond acceptors (Lipinski definition) is 4. The Bertz CT molecular complexity index is 1660. The van der Waals surface area contributed by atoms with Gasteiger partial charge in [-0.25, -0.2) is 0 Å². The molecule has 0 saturated heterocycles. The normalized spacial score (nSPS) is 12.0. The Balaban J connectivity index is 1.29. The van der Waals surface area contributed by atoms with Crippen molar-refractivity contribution in [2.45, 2.75) is 19.9 Å². The van der Waals surface area contributed by atoms with E-state index in [4.69, 9.17) is 9.15 Å². The van der Waals surface area contributed by atoms with E-state index in [0.29, 0.717) is 30.1 Å². The SMILES string of the molecule is Cc1c(C(=O)N(C)Cc2ccc3c(Br)c(OCC(Cc4ccccc4)C(=O)O)ccc3c2)oc2ccccc12. The number of para-hydroxylation sites is 1. The maximum absolute atomic E-state index is 13.2. The van der Waals surface area contributed by atoms with Crippen LogP contribution >= 0.6 is 15.9 Å². The molecule has 1 unspecified atom stereocenters. The summed E-state index contributed by atoms with van der Waals surface area (Å²) < 4.78 is 12.6. The fourth-order valence-corrected chi connectivity index (χ4v) is 5.34. The van der Waals surface area contributed by atoms with E-state index in [1.54, 1.807) is 11.9 Å². The third-order valence-corrected chi connectivity index (χ3v) is 7.72. The first-order valence-electron chi connectivity index (χ1n) is 12.7. The van der Waals surface area contributed by atoms with Crippen molar-refractivity contribution in [3.05, 3.63) is 112 Å². The number of carbonyl (C=O) groups excluding carboxylic acids is 1. The largest absolute Gasteiger partial charge is 0.491 e. The molecule has 1 amide bonds. The number of carboxylic acids is 1. The van der Waals surface area contributed by atoms with Gasteiger partial charge in [-0.3, -0.25) is 9.59 Å². The Kier molecular flexibility index (Phi) is 7.70. The maximum atomic E-state index is 13.2. The highest BCUT2D eigenvalue weighted by molar-refractivity contribution is 9.10. The van der Waals surface area contributed by atoms with Gasteiger partial charge in [0, 0.05) is 24.5 Å². The van der Waals surface area contributed by atoms with Gasteiger partial charge in [-0.15, -0.1) is 0 Å². The number of nitrogens with zero attached hydrogens (tertiary/aromatic N) is 1. The number of furan rings is 1. The predicted octanol–water partition coefficient (Wildman–Crippen LogP) is 7.25. The molecule has 0 fully saturated rings. The monoisotopic (exact) mass is 585 g/mol. The average Bonchev–Trinajstić information content (AvgIpc) is 3.28. The van der Waals surface area contributed by atoms with Gasteiger partial charge in [0.15, 0.2) is 5.76 Å². The zero-order valence-electron chi connectivity index (χ0n) is 21.7. The van der Waals surface area contributed by atoms with E-state index in [0.717, 1.165) is 37.3 Å². The van der Waals surface area contributed by atoms with Crippen LogP contribution in [-0.2, 0) is 17.8 Å². The first-order valence-corrected chi connectivity index (χ1v) is 13.5. The minimum Gasteiger partial charge on any atom is -0.491 e. The molecule has 0 bridgehead atoms. The summed E-state index contributed by atoms with van der Waals surface area (Å²) in [5, 5.41) is 12.6. The average molecular weight is 586 g/mol. The molecule has 4 aromatic carbocycles. The Hall–Kier alpha value is -4.10. The van der Waals surface area contributed by atoms with Crippen LogP contribution in [0.2, 0.25) is 0 Å². The van der Waals surface area contributed by atoms with Crippen LogP contribution in [0.4, 0.5) is 0 Å². The maximum Gasteiger partial charge on any atom is 0.310 e. The molecule has 6 nitrogen and oxygen atoms in total. The number of amides is 1. The number of rotatable bonds is 9. The summed E-state index contributed by atoms with van der Waals surface area (Å²) in [6, 6.07) is 27.0. The van der Waals surface area contributed by atoms with Crippen molar-refractivity contribution in [1.29, 1.82) is 0 Å². The number of ether oxygens (including phenoxy) is 1. The summed E-state index contributed by atoms with van der Waals surface area (Å²) >= 11 is 3.64. The smallest absolute Gasteiger partial charge is 0.310 e. The van der Waals surface area contributed by atoms with Gasteiger partial charge in [-0.1, -0.05) is 66.7 Å². The lowest BCUT2D eigenvalue weighted by molar-refractivity contribution is -0.142. The van der Waals surface area contributed by atoms with E-state index in [-0.39, 0.29) is 12.5 Å². The predicted molar refractivity (Wildman–Crippen MR) is 155 cm³/mol. The lowest BCUT2D eigenvalue weighted by Gasteiger charge is -2.18. The van der Waals surface area contributed by atoms with Crippen molar-refractivity contribution in [1.82, 2.24) is 4.90 Å². The number of carbonyl (C=O) groups is 2. The molecule has 39 heavy (non-hydrogen) atoms. The summed E-state index contributed by atoms with van der Waals surface area (Å²) in [5.41, 5.74) is 3.47. The topological polar surface area (TPSA) is 80.0 Å². The van der Waals surface area contributed by atoms with Gasteiger partial charge in [0.25, 0.3) is 5.91 Å². The van der Waals surface area contributed by atoms with Crippen LogP contribution in [0, 0.1) is 12.8 Å². The Morgan fingerprint density at radius 1 is 0.949 bits per heavy atom. The molecule has 0 radical (unpaired) electrons. The fraction of sp³-hybridized carbons (Fsp3) is 0.188. The summed E-state index contributed by atoms with van der Waals surface area (Å²) in [7, 11) is 1.76. The van der Waals surface area contributed by atoms with Gasteiger partial charge in [0.05, 0.1) is 10.4 Å². The molecule has 1 aromatic heterocycles. The molecular formula is C32H28BrNO5. The summed E-state index contributed by atoms with van der Waals surface area (Å²) in [4.78, 5) is 26.6. The highest BCUT2D eigenvalue weighted by Gasteiger charge is 2.22. The first-order chi connectivity index (χ1) is 18.8. The van der Waals surface area contributed by atoms with Crippen LogP contribution in [-0.4, -0.2) is 35.5 Å². The molecule has 198 valence electrons. The summed E-state index contributed by atoms with van der Waals surface area (Å²) in [5.74, 6) is -0.784. The zero-order chi connectivity index (χ0) is 27.5. The van der Waals surface area contributed by atoms with Crippen LogP contribution in [0.1, 0.15) is 27.2 Å². The molecule has 1 atom stereocenters. The van der Waals surface area contributed by atoms with Crippen LogP contribution < -0.4 is 4.74 Å². The summed E-state index contributed by atoms with van der Waals surface area (Å²) in [6.45, 7) is 2.38. The number of fused-ring (bicyclic) bond motifs is 2. The van der Waals surface area contributed by atoms with E-state index in [2.05, 4.69) is 15.9 Å². The van der Waals surface area contributed by atoms with Gasteiger partial charge in [-0.05, 0) is 69.4 Å². The number of halogens is 1. The Morgan fingerprint density at radius 2 is 1.69 bits per heavy atom. The third-order valence-electron chi connectivity index (χ3n) is 6.90. The lowest BCUT2D eigenvalue weighted by atomic mass is 10.0. The Labute approximate surface area is 234 Å². The third kappa shape index (κ3) is 5.68. The van der Waals surface area contributed by atoms with Gasteiger partial charge in [0.1, 0.15) is 17.9 Å². The Morgan fingerprint density at radius 3 is 2.44 bits per heavy atom. The van der Waals surface area contributed by atoms with Crippen LogP contribution in [0.25, 0.3) is 21.7 Å². The van der Waals surface area contributed by atoms with Crippen molar-refractivity contribution in [2.24, 2.45) is 5.92 Å². The molecule has 7 heteroatoms. The molecule has 0 saturated carbocycles. The second kappa shape index (κ2) is 11.3. The van der Waals surface area contributed by atoms with Gasteiger partial charge < -0.3 is 19.2 Å². The minimum absolute atomic E-state index is 0.0561.